The first kappa shape index (κ1) is 30.0. The summed E-state index contributed by atoms with van der Waals surface area (Å²) in [5.74, 6) is -1.48. The number of nitrogens with zero attached hydrogens (tertiary/aromatic N) is 7. The minimum Gasteiger partial charge on any atom is -0.461 e. The van der Waals surface area contributed by atoms with Gasteiger partial charge in [-0.25, -0.2) is 13.2 Å². The Balaban J connectivity index is 1.33. The van der Waals surface area contributed by atoms with E-state index in [1.165, 1.54) is 0 Å². The second-order valence-electron chi connectivity index (χ2n) is 13.0. The molecule has 2 atom stereocenters. The molecule has 0 bridgehead atoms. The van der Waals surface area contributed by atoms with Gasteiger partial charge in [-0.05, 0) is 64.9 Å². The van der Waals surface area contributed by atoms with Crippen LogP contribution in [0.5, 0.6) is 6.01 Å². The van der Waals surface area contributed by atoms with E-state index in [4.69, 9.17) is 20.4 Å². The van der Waals surface area contributed by atoms with Gasteiger partial charge >= 0.3 is 6.01 Å². The molecular formula is C32H35F3N8OS. The van der Waals surface area contributed by atoms with Gasteiger partial charge in [0.05, 0.1) is 32.4 Å². The maximum Gasteiger partial charge on any atom is 0.319 e. The van der Waals surface area contributed by atoms with Gasteiger partial charge in [-0.3, -0.25) is 9.88 Å². The van der Waals surface area contributed by atoms with Crippen LogP contribution in [-0.2, 0) is 0 Å². The molecule has 2 saturated heterocycles. The summed E-state index contributed by atoms with van der Waals surface area (Å²) in [4.78, 5) is 20.8. The first-order valence-corrected chi connectivity index (χ1v) is 16.0. The molecule has 1 aromatic carbocycles. The molecule has 0 radical (unpaired) electrons. The van der Waals surface area contributed by atoms with Crippen LogP contribution in [-0.4, -0.2) is 89.4 Å². The summed E-state index contributed by atoms with van der Waals surface area (Å²) in [6.45, 7) is 2.25. The molecule has 4 aromatic rings. The van der Waals surface area contributed by atoms with Crippen LogP contribution in [0.1, 0.15) is 44.1 Å². The summed E-state index contributed by atoms with van der Waals surface area (Å²) in [5, 5.41) is 10.8. The topological polar surface area (TPSA) is 107 Å². The van der Waals surface area contributed by atoms with Gasteiger partial charge in [0.1, 0.15) is 29.7 Å². The van der Waals surface area contributed by atoms with Crippen LogP contribution >= 0.6 is 11.3 Å². The number of ether oxygens (including phenoxy) is 1. The summed E-state index contributed by atoms with van der Waals surface area (Å²) < 4.78 is 50.3. The van der Waals surface area contributed by atoms with Crippen molar-refractivity contribution in [3.8, 4) is 23.3 Å². The van der Waals surface area contributed by atoms with Crippen LogP contribution in [0.4, 0.5) is 24.0 Å². The van der Waals surface area contributed by atoms with Crippen LogP contribution in [0.25, 0.3) is 32.2 Å². The van der Waals surface area contributed by atoms with Crippen molar-refractivity contribution in [2.45, 2.75) is 55.8 Å². The monoisotopic (exact) mass is 636 g/mol. The van der Waals surface area contributed by atoms with Crippen molar-refractivity contribution in [1.82, 2.24) is 24.8 Å². The van der Waals surface area contributed by atoms with Gasteiger partial charge in [-0.2, -0.15) is 15.2 Å². The van der Waals surface area contributed by atoms with Crippen molar-refractivity contribution in [2.24, 2.45) is 0 Å². The quantitative estimate of drug-likeness (QED) is 0.268. The molecule has 3 aliphatic rings. The predicted octanol–water partition coefficient (Wildman–Crippen LogP) is 5.51. The summed E-state index contributed by atoms with van der Waals surface area (Å²) in [6, 6.07) is 4.92. The molecule has 1 aliphatic carbocycles. The van der Waals surface area contributed by atoms with E-state index < -0.39 is 17.8 Å². The number of rotatable bonds is 8. The second kappa shape index (κ2) is 11.0. The fraction of sp³-hybridized carbons (Fsp3) is 0.500. The van der Waals surface area contributed by atoms with E-state index in [1.54, 1.807) is 12.3 Å². The third-order valence-corrected chi connectivity index (χ3v) is 11.2. The Morgan fingerprint density at radius 2 is 1.98 bits per heavy atom. The molecule has 2 N–H and O–H groups in total. The van der Waals surface area contributed by atoms with E-state index in [9.17, 15) is 18.4 Å². The zero-order valence-electron chi connectivity index (χ0n) is 25.5. The lowest BCUT2D eigenvalue weighted by molar-refractivity contribution is 0.0681. The van der Waals surface area contributed by atoms with Crippen LogP contribution in [0, 0.1) is 23.0 Å². The van der Waals surface area contributed by atoms with E-state index in [0.29, 0.717) is 35.4 Å². The highest BCUT2D eigenvalue weighted by molar-refractivity contribution is 7.23. The fourth-order valence-corrected chi connectivity index (χ4v) is 8.50. The Kier molecular flexibility index (Phi) is 7.30. The number of hydrogen-bond acceptors (Lipinski definition) is 10. The number of likely N-dealkylation sites (N-methyl/N-ethyl adjacent to an activating group) is 2. The molecule has 3 fully saturated rings. The zero-order chi connectivity index (χ0) is 31.7. The van der Waals surface area contributed by atoms with Gasteiger partial charge in [-0.1, -0.05) is 0 Å². The third kappa shape index (κ3) is 4.85. The predicted molar refractivity (Wildman–Crippen MR) is 169 cm³/mol. The molecule has 236 valence electrons. The largest absolute Gasteiger partial charge is 0.461 e. The van der Waals surface area contributed by atoms with Gasteiger partial charge in [0.2, 0.25) is 0 Å². The molecule has 0 amide bonds. The fourth-order valence-electron chi connectivity index (χ4n) is 7.53. The van der Waals surface area contributed by atoms with Crippen LogP contribution in [0.2, 0.25) is 0 Å². The van der Waals surface area contributed by atoms with E-state index in [0.717, 1.165) is 62.6 Å². The number of pyridine rings is 1. The van der Waals surface area contributed by atoms with Crippen molar-refractivity contribution in [1.29, 1.82) is 5.26 Å². The van der Waals surface area contributed by atoms with Crippen molar-refractivity contribution in [3.63, 3.8) is 0 Å². The molecule has 0 spiro atoms. The SMILES string of the molecule is CN(CC1(N(C)C)CCC1)c1nc(OC[C@]23CCCN2C[C@@H](F)C3)nc2cc(-c3cc(F)c(F)c4sc(N)c(C#N)c34)ncc12. The summed E-state index contributed by atoms with van der Waals surface area (Å²) in [6.07, 6.45) is 6.30. The van der Waals surface area contributed by atoms with Crippen molar-refractivity contribution >= 4 is 43.1 Å². The van der Waals surface area contributed by atoms with E-state index in [2.05, 4.69) is 33.8 Å². The minimum absolute atomic E-state index is 0.00747. The normalized spacial score (nSPS) is 22.6. The summed E-state index contributed by atoms with van der Waals surface area (Å²) >= 11 is 0.832. The summed E-state index contributed by atoms with van der Waals surface area (Å²) in [5.41, 5.74) is 6.78. The van der Waals surface area contributed by atoms with E-state index in [-0.39, 0.29) is 49.9 Å². The highest BCUT2D eigenvalue weighted by Gasteiger charge is 2.49. The van der Waals surface area contributed by atoms with Crippen molar-refractivity contribution < 1.29 is 17.9 Å². The minimum atomic E-state index is -1.06. The lowest BCUT2D eigenvalue weighted by atomic mass is 9.75. The van der Waals surface area contributed by atoms with Gasteiger partial charge in [0, 0.05) is 49.2 Å². The van der Waals surface area contributed by atoms with Gasteiger partial charge in [-0.15, -0.1) is 11.3 Å². The molecule has 0 unspecified atom stereocenters. The second-order valence-corrected chi connectivity index (χ2v) is 14.0. The number of benzene rings is 1. The number of alkyl halides is 1. The first-order valence-electron chi connectivity index (χ1n) is 15.2. The number of anilines is 2. The number of aromatic nitrogens is 3. The Morgan fingerprint density at radius 1 is 1.18 bits per heavy atom. The third-order valence-electron chi connectivity index (χ3n) is 10.2. The number of nitrogen functional groups attached to an aromatic ring is 1. The van der Waals surface area contributed by atoms with Gasteiger partial charge in [0.25, 0.3) is 0 Å². The molecule has 7 rings (SSSR count). The first-order chi connectivity index (χ1) is 21.5. The maximum atomic E-state index is 14.8. The Labute approximate surface area is 263 Å². The van der Waals surface area contributed by atoms with Crippen LogP contribution in [0.3, 0.4) is 0 Å². The number of nitrogens with two attached hydrogens (primary N) is 1. The average molecular weight is 637 g/mol. The Bertz CT molecular complexity index is 1850. The smallest absolute Gasteiger partial charge is 0.319 e. The number of fused-ring (bicyclic) bond motifs is 3. The molecule has 1 saturated carbocycles. The van der Waals surface area contributed by atoms with Crippen LogP contribution in [0.15, 0.2) is 18.3 Å². The number of hydrogen-bond donors (Lipinski definition) is 1. The van der Waals surface area contributed by atoms with E-state index >= 15 is 0 Å². The number of nitriles is 1. The molecule has 3 aromatic heterocycles. The van der Waals surface area contributed by atoms with Crippen molar-refractivity contribution in [2.75, 3.05) is 58.0 Å². The Morgan fingerprint density at radius 3 is 2.69 bits per heavy atom. The molecule has 45 heavy (non-hydrogen) atoms. The molecule has 9 nitrogen and oxygen atoms in total. The molecular weight excluding hydrogens is 601 g/mol. The number of halogens is 3. The average Bonchev–Trinajstić information content (AvgIpc) is 3.63. The van der Waals surface area contributed by atoms with Crippen LogP contribution < -0.4 is 15.4 Å². The molecule has 2 aliphatic heterocycles. The molecule has 5 heterocycles. The maximum absolute atomic E-state index is 14.8. The lowest BCUT2D eigenvalue weighted by Gasteiger charge is -2.49. The van der Waals surface area contributed by atoms with E-state index in [1.807, 2.05) is 13.1 Å². The van der Waals surface area contributed by atoms with Gasteiger partial charge in [0.15, 0.2) is 11.6 Å². The Hall–Kier alpha value is -3.73. The van der Waals surface area contributed by atoms with Gasteiger partial charge < -0.3 is 20.3 Å². The summed E-state index contributed by atoms with van der Waals surface area (Å²) in [7, 11) is 6.17. The molecule has 13 heteroatoms. The highest BCUT2D eigenvalue weighted by atomic mass is 32.1. The van der Waals surface area contributed by atoms with Crippen molar-refractivity contribution in [3.05, 3.63) is 35.5 Å². The highest BCUT2D eigenvalue weighted by Crippen LogP contribution is 2.44. The standard InChI is InChI=1S/C32H35F3N8OS/c1-41(2)31(6-4-7-31)16-42(3)29-21-14-38-23(19-10-22(34)26(35)27-25(19)20(13-36)28(37)45-27)11-24(21)39-30(40-29)44-17-32-8-5-9-43(32)15-18(33)12-32/h10-11,14,18H,4-9,12,15-17,37H2,1-3H3/t18-,32+/m0/s1. The lowest BCUT2D eigenvalue weighted by Crippen LogP contribution is -2.56. The zero-order valence-corrected chi connectivity index (χ0v) is 26.4. The number of thiophene rings is 1.